The zero-order chi connectivity index (χ0) is 14.1. The molecule has 5 nitrogen and oxygen atoms in total. The van der Waals surface area contributed by atoms with Gasteiger partial charge in [0.2, 0.25) is 0 Å². The Bertz CT molecular complexity index is 774. The van der Waals surface area contributed by atoms with E-state index in [4.69, 9.17) is 5.84 Å². The van der Waals surface area contributed by atoms with Gasteiger partial charge in [0.25, 0.3) is 5.91 Å². The molecule has 3 aromatic rings. The van der Waals surface area contributed by atoms with Gasteiger partial charge in [-0.1, -0.05) is 12.1 Å². The summed E-state index contributed by atoms with van der Waals surface area (Å²) in [6.07, 6.45) is 2.03. The van der Waals surface area contributed by atoms with Gasteiger partial charge < -0.3 is 4.57 Å². The summed E-state index contributed by atoms with van der Waals surface area (Å²) in [6.45, 7) is 2.71. The Labute approximate surface area is 120 Å². The molecule has 0 radical (unpaired) electrons. The highest BCUT2D eigenvalue weighted by molar-refractivity contribution is 7.11. The first kappa shape index (κ1) is 12.8. The van der Waals surface area contributed by atoms with Gasteiger partial charge in [0.15, 0.2) is 5.01 Å². The van der Waals surface area contributed by atoms with Crippen LogP contribution < -0.4 is 11.3 Å². The summed E-state index contributed by atoms with van der Waals surface area (Å²) in [6, 6.07) is 8.43. The molecule has 6 heteroatoms. The predicted octanol–water partition coefficient (Wildman–Crippen LogP) is 2.06. The highest BCUT2D eigenvalue weighted by Gasteiger charge is 2.10. The number of nitrogens with two attached hydrogens (primary N) is 1. The number of amides is 1. The Morgan fingerprint density at radius 2 is 2.30 bits per heavy atom. The summed E-state index contributed by atoms with van der Waals surface area (Å²) in [5, 5.41) is 3.47. The Morgan fingerprint density at radius 1 is 1.45 bits per heavy atom. The van der Waals surface area contributed by atoms with Crippen molar-refractivity contribution in [3.63, 3.8) is 0 Å². The van der Waals surface area contributed by atoms with Gasteiger partial charge in [-0.25, -0.2) is 10.8 Å². The molecule has 0 aliphatic carbocycles. The third kappa shape index (κ3) is 2.31. The standard InChI is InChI=1S/C14H14N4OS/c1-9-2-3-10-4-5-18(12(10)6-9)7-11-8-20-14(16-11)13(19)17-15/h2-6,8H,7,15H2,1H3,(H,17,19). The van der Waals surface area contributed by atoms with E-state index in [1.807, 2.05) is 11.6 Å². The van der Waals surface area contributed by atoms with E-state index in [1.54, 1.807) is 0 Å². The molecule has 1 amide bonds. The van der Waals surface area contributed by atoms with Crippen LogP contribution in [0.5, 0.6) is 0 Å². The van der Waals surface area contributed by atoms with Crippen LogP contribution in [0.3, 0.4) is 0 Å². The highest BCUT2D eigenvalue weighted by atomic mass is 32.1. The molecule has 0 spiro atoms. The van der Waals surface area contributed by atoms with Crippen molar-refractivity contribution in [2.24, 2.45) is 5.84 Å². The zero-order valence-electron chi connectivity index (χ0n) is 11.0. The van der Waals surface area contributed by atoms with Crippen LogP contribution in [0.2, 0.25) is 0 Å². The van der Waals surface area contributed by atoms with Crippen LogP contribution in [0.15, 0.2) is 35.8 Å². The molecule has 0 aliphatic rings. The van der Waals surface area contributed by atoms with Gasteiger partial charge in [0.05, 0.1) is 12.2 Å². The number of hydrogen-bond donors (Lipinski definition) is 2. The third-order valence-corrected chi connectivity index (χ3v) is 4.03. The lowest BCUT2D eigenvalue weighted by Crippen LogP contribution is -2.29. The summed E-state index contributed by atoms with van der Waals surface area (Å²) in [4.78, 5) is 15.7. The molecule has 0 aliphatic heterocycles. The molecule has 0 bridgehead atoms. The number of fused-ring (bicyclic) bond motifs is 1. The first-order valence-corrected chi connectivity index (χ1v) is 7.06. The number of carbonyl (C=O) groups excluding carboxylic acids is 1. The maximum atomic E-state index is 11.4. The topological polar surface area (TPSA) is 72.9 Å². The fourth-order valence-corrected chi connectivity index (χ4v) is 2.86. The number of nitrogen functional groups attached to an aromatic ring is 1. The second kappa shape index (κ2) is 5.07. The Morgan fingerprint density at radius 3 is 3.10 bits per heavy atom. The molecule has 20 heavy (non-hydrogen) atoms. The second-order valence-electron chi connectivity index (χ2n) is 4.62. The molecule has 2 heterocycles. The number of aromatic nitrogens is 2. The number of hydrogen-bond acceptors (Lipinski definition) is 4. The maximum absolute atomic E-state index is 11.4. The highest BCUT2D eigenvalue weighted by Crippen LogP contribution is 2.19. The second-order valence-corrected chi connectivity index (χ2v) is 5.48. The molecule has 102 valence electrons. The van der Waals surface area contributed by atoms with Gasteiger partial charge in [-0.2, -0.15) is 0 Å². The van der Waals surface area contributed by atoms with Gasteiger partial charge in [-0.15, -0.1) is 11.3 Å². The Balaban J connectivity index is 1.91. The lowest BCUT2D eigenvalue weighted by molar-refractivity contribution is 0.0953. The van der Waals surface area contributed by atoms with E-state index in [9.17, 15) is 4.79 Å². The molecular formula is C14H14N4OS. The van der Waals surface area contributed by atoms with Crippen molar-refractivity contribution in [3.8, 4) is 0 Å². The largest absolute Gasteiger partial charge is 0.341 e. The number of nitrogens with one attached hydrogen (secondary N) is 1. The van der Waals surface area contributed by atoms with Crippen molar-refractivity contribution >= 4 is 28.1 Å². The van der Waals surface area contributed by atoms with E-state index in [-0.39, 0.29) is 5.91 Å². The molecule has 0 fully saturated rings. The molecule has 0 atom stereocenters. The predicted molar refractivity (Wildman–Crippen MR) is 79.5 cm³/mol. The van der Waals surface area contributed by atoms with Gasteiger partial charge in [-0.3, -0.25) is 10.2 Å². The first-order chi connectivity index (χ1) is 9.67. The van der Waals surface area contributed by atoms with Crippen LogP contribution in [-0.4, -0.2) is 15.5 Å². The van der Waals surface area contributed by atoms with Crippen molar-refractivity contribution in [2.45, 2.75) is 13.5 Å². The van der Waals surface area contributed by atoms with E-state index in [1.165, 1.54) is 27.8 Å². The van der Waals surface area contributed by atoms with E-state index >= 15 is 0 Å². The van der Waals surface area contributed by atoms with Crippen molar-refractivity contribution in [3.05, 3.63) is 52.1 Å². The van der Waals surface area contributed by atoms with Crippen LogP contribution in [0.25, 0.3) is 10.9 Å². The van der Waals surface area contributed by atoms with E-state index in [0.717, 1.165) is 5.69 Å². The lowest BCUT2D eigenvalue weighted by atomic mass is 10.2. The number of nitrogens with zero attached hydrogens (tertiary/aromatic N) is 2. The average Bonchev–Trinajstić information content (AvgIpc) is 3.06. The summed E-state index contributed by atoms with van der Waals surface area (Å²) in [7, 11) is 0. The number of rotatable bonds is 3. The van der Waals surface area contributed by atoms with E-state index < -0.39 is 0 Å². The van der Waals surface area contributed by atoms with Gasteiger partial charge in [-0.05, 0) is 30.0 Å². The van der Waals surface area contributed by atoms with Crippen molar-refractivity contribution in [1.82, 2.24) is 15.0 Å². The molecular weight excluding hydrogens is 272 g/mol. The molecule has 0 saturated heterocycles. The van der Waals surface area contributed by atoms with Crippen LogP contribution in [-0.2, 0) is 6.54 Å². The normalized spacial score (nSPS) is 10.9. The smallest absolute Gasteiger partial charge is 0.294 e. The van der Waals surface area contributed by atoms with Gasteiger partial charge >= 0.3 is 0 Å². The van der Waals surface area contributed by atoms with Crippen molar-refractivity contribution < 1.29 is 4.79 Å². The summed E-state index contributed by atoms with van der Waals surface area (Å²) >= 11 is 1.30. The third-order valence-electron chi connectivity index (χ3n) is 3.14. The fourth-order valence-electron chi connectivity index (χ4n) is 2.15. The monoisotopic (exact) mass is 286 g/mol. The number of carbonyl (C=O) groups is 1. The minimum atomic E-state index is -0.352. The van der Waals surface area contributed by atoms with Gasteiger partial charge in [0.1, 0.15) is 0 Å². The Kier molecular flexibility index (Phi) is 3.25. The average molecular weight is 286 g/mol. The fraction of sp³-hybridized carbons (Fsp3) is 0.143. The van der Waals surface area contributed by atoms with E-state index in [0.29, 0.717) is 11.6 Å². The maximum Gasteiger partial charge on any atom is 0.294 e. The molecule has 0 saturated carbocycles. The minimum Gasteiger partial charge on any atom is -0.341 e. The number of benzene rings is 1. The summed E-state index contributed by atoms with van der Waals surface area (Å²) in [5.41, 5.74) is 5.34. The molecule has 1 aromatic carbocycles. The zero-order valence-corrected chi connectivity index (χ0v) is 11.8. The van der Waals surface area contributed by atoms with Crippen LogP contribution in [0.1, 0.15) is 21.1 Å². The molecule has 3 rings (SSSR count). The molecule has 0 unspecified atom stereocenters. The summed E-state index contributed by atoms with van der Waals surface area (Å²) in [5.74, 6) is 4.75. The lowest BCUT2D eigenvalue weighted by Gasteiger charge is -2.03. The van der Waals surface area contributed by atoms with Crippen molar-refractivity contribution in [1.29, 1.82) is 0 Å². The molecule has 2 aromatic heterocycles. The minimum absolute atomic E-state index is 0.352. The molecule has 3 N–H and O–H groups in total. The Hall–Kier alpha value is -2.18. The number of thiazole rings is 1. The number of aryl methyl sites for hydroxylation is 1. The van der Waals surface area contributed by atoms with E-state index in [2.05, 4.69) is 46.2 Å². The summed E-state index contributed by atoms with van der Waals surface area (Å²) < 4.78 is 2.13. The number of hydrazine groups is 1. The quantitative estimate of drug-likeness (QED) is 0.440. The first-order valence-electron chi connectivity index (χ1n) is 6.18. The van der Waals surface area contributed by atoms with Crippen molar-refractivity contribution in [2.75, 3.05) is 0 Å². The van der Waals surface area contributed by atoms with Crippen LogP contribution >= 0.6 is 11.3 Å². The van der Waals surface area contributed by atoms with Crippen LogP contribution in [0.4, 0.5) is 0 Å². The van der Waals surface area contributed by atoms with Gasteiger partial charge in [0, 0.05) is 17.1 Å². The SMILES string of the molecule is Cc1ccc2ccn(Cc3csc(C(=O)NN)n3)c2c1. The van der Waals surface area contributed by atoms with Crippen LogP contribution in [0, 0.1) is 6.92 Å².